The summed E-state index contributed by atoms with van der Waals surface area (Å²) in [6.07, 6.45) is 2.12. The van der Waals surface area contributed by atoms with Gasteiger partial charge in [-0.05, 0) is 31.9 Å². The minimum atomic E-state index is 0.0301. The predicted molar refractivity (Wildman–Crippen MR) is 111 cm³/mol. The molecule has 1 N–H and O–H groups in total. The SMILES string of the molecule is CN=C(NCC(C)Oc1ccc(C)cc1)N(C)Cc1cn(C)nc1C(C)C. The first-order valence-corrected chi connectivity index (χ1v) is 9.47. The maximum Gasteiger partial charge on any atom is 0.193 e. The third kappa shape index (κ3) is 6.01. The molecule has 6 nitrogen and oxygen atoms in total. The van der Waals surface area contributed by atoms with E-state index in [4.69, 9.17) is 4.74 Å². The first-order chi connectivity index (χ1) is 12.8. The maximum absolute atomic E-state index is 5.97. The summed E-state index contributed by atoms with van der Waals surface area (Å²) >= 11 is 0. The van der Waals surface area contributed by atoms with Crippen molar-refractivity contribution in [1.29, 1.82) is 0 Å². The molecule has 2 aromatic rings. The van der Waals surface area contributed by atoms with Crippen LogP contribution in [0.25, 0.3) is 0 Å². The van der Waals surface area contributed by atoms with Gasteiger partial charge in [-0.1, -0.05) is 31.5 Å². The molecule has 148 valence electrons. The molecule has 1 unspecified atom stereocenters. The average Bonchev–Trinajstić information content (AvgIpc) is 2.98. The van der Waals surface area contributed by atoms with Gasteiger partial charge in [0.15, 0.2) is 5.96 Å². The van der Waals surface area contributed by atoms with Crippen molar-refractivity contribution in [3.63, 3.8) is 0 Å². The van der Waals surface area contributed by atoms with Crippen LogP contribution in [0.3, 0.4) is 0 Å². The smallest absolute Gasteiger partial charge is 0.193 e. The maximum atomic E-state index is 5.97. The molecular weight excluding hydrogens is 338 g/mol. The second-order valence-electron chi connectivity index (χ2n) is 7.39. The molecule has 0 aliphatic heterocycles. The number of ether oxygens (including phenoxy) is 1. The number of aliphatic imine (C=N–C) groups is 1. The van der Waals surface area contributed by atoms with Gasteiger partial charge in [-0.25, -0.2) is 0 Å². The Labute approximate surface area is 163 Å². The summed E-state index contributed by atoms with van der Waals surface area (Å²) in [4.78, 5) is 6.52. The zero-order chi connectivity index (χ0) is 20.0. The molecule has 0 saturated carbocycles. The van der Waals surface area contributed by atoms with Crippen molar-refractivity contribution >= 4 is 5.96 Å². The Morgan fingerprint density at radius 2 is 1.93 bits per heavy atom. The summed E-state index contributed by atoms with van der Waals surface area (Å²) in [6.45, 7) is 9.90. The van der Waals surface area contributed by atoms with Crippen LogP contribution in [-0.4, -0.2) is 47.4 Å². The fourth-order valence-corrected chi connectivity index (χ4v) is 3.00. The Balaban J connectivity index is 1.91. The number of hydrogen-bond donors (Lipinski definition) is 1. The first kappa shape index (κ1) is 20.8. The van der Waals surface area contributed by atoms with Crippen molar-refractivity contribution < 1.29 is 4.74 Å². The lowest BCUT2D eigenvalue weighted by molar-refractivity contribution is 0.222. The lowest BCUT2D eigenvalue weighted by Crippen LogP contribution is -2.42. The fourth-order valence-electron chi connectivity index (χ4n) is 3.00. The van der Waals surface area contributed by atoms with Gasteiger partial charge in [0.2, 0.25) is 0 Å². The van der Waals surface area contributed by atoms with E-state index in [2.05, 4.69) is 66.3 Å². The molecule has 1 atom stereocenters. The number of nitrogens with one attached hydrogen (secondary N) is 1. The van der Waals surface area contributed by atoms with Crippen LogP contribution in [0.5, 0.6) is 5.75 Å². The van der Waals surface area contributed by atoms with Crippen molar-refractivity contribution in [3.8, 4) is 5.75 Å². The number of benzene rings is 1. The van der Waals surface area contributed by atoms with Crippen LogP contribution in [-0.2, 0) is 13.6 Å². The van der Waals surface area contributed by atoms with Gasteiger partial charge in [0.1, 0.15) is 11.9 Å². The first-order valence-electron chi connectivity index (χ1n) is 9.47. The molecule has 0 aliphatic carbocycles. The minimum Gasteiger partial charge on any atom is -0.489 e. The summed E-state index contributed by atoms with van der Waals surface area (Å²) < 4.78 is 7.85. The molecule has 0 spiro atoms. The molecule has 0 fully saturated rings. The number of guanidine groups is 1. The molecular formula is C21H33N5O. The quantitative estimate of drug-likeness (QED) is 0.599. The van der Waals surface area contributed by atoms with E-state index in [0.29, 0.717) is 12.5 Å². The highest BCUT2D eigenvalue weighted by atomic mass is 16.5. The average molecular weight is 372 g/mol. The summed E-state index contributed by atoms with van der Waals surface area (Å²) in [5.74, 6) is 2.12. The van der Waals surface area contributed by atoms with E-state index in [9.17, 15) is 0 Å². The number of rotatable bonds is 7. The molecule has 2 rings (SSSR count). The van der Waals surface area contributed by atoms with Crippen LogP contribution in [0.4, 0.5) is 0 Å². The van der Waals surface area contributed by atoms with Gasteiger partial charge >= 0.3 is 0 Å². The van der Waals surface area contributed by atoms with E-state index in [-0.39, 0.29) is 6.10 Å². The molecule has 1 aromatic carbocycles. The Kier molecular flexibility index (Phi) is 7.28. The monoisotopic (exact) mass is 371 g/mol. The zero-order valence-electron chi connectivity index (χ0n) is 17.7. The Bertz CT molecular complexity index is 748. The van der Waals surface area contributed by atoms with Crippen LogP contribution in [0.2, 0.25) is 0 Å². The predicted octanol–water partition coefficient (Wildman–Crippen LogP) is 3.33. The van der Waals surface area contributed by atoms with Gasteiger partial charge in [0, 0.05) is 39.4 Å². The molecule has 1 aromatic heterocycles. The molecule has 0 saturated heterocycles. The van der Waals surface area contributed by atoms with Crippen LogP contribution in [0, 0.1) is 6.92 Å². The van der Waals surface area contributed by atoms with Crippen molar-refractivity contribution in [2.24, 2.45) is 12.0 Å². The third-order valence-electron chi connectivity index (χ3n) is 4.37. The second kappa shape index (κ2) is 9.44. The van der Waals surface area contributed by atoms with E-state index < -0.39 is 0 Å². The van der Waals surface area contributed by atoms with Crippen molar-refractivity contribution in [2.45, 2.75) is 46.3 Å². The van der Waals surface area contributed by atoms with Gasteiger partial charge in [-0.2, -0.15) is 5.10 Å². The summed E-state index contributed by atoms with van der Waals surface area (Å²) in [5, 5.41) is 7.99. The molecule has 0 bridgehead atoms. The molecule has 1 heterocycles. The van der Waals surface area contributed by atoms with Crippen LogP contribution < -0.4 is 10.1 Å². The number of aryl methyl sites for hydroxylation is 2. The van der Waals surface area contributed by atoms with Crippen molar-refractivity contribution in [3.05, 3.63) is 47.3 Å². The summed E-state index contributed by atoms with van der Waals surface area (Å²) in [6, 6.07) is 8.12. The Morgan fingerprint density at radius 3 is 2.52 bits per heavy atom. The van der Waals surface area contributed by atoms with Gasteiger partial charge in [-0.15, -0.1) is 0 Å². The fraction of sp³-hybridized carbons (Fsp3) is 0.524. The zero-order valence-corrected chi connectivity index (χ0v) is 17.7. The van der Waals surface area contributed by atoms with Crippen molar-refractivity contribution in [2.75, 3.05) is 20.6 Å². The molecule has 0 amide bonds. The second-order valence-corrected chi connectivity index (χ2v) is 7.39. The van der Waals surface area contributed by atoms with Crippen LogP contribution >= 0.6 is 0 Å². The highest BCUT2D eigenvalue weighted by Crippen LogP contribution is 2.18. The lowest BCUT2D eigenvalue weighted by Gasteiger charge is -2.24. The standard InChI is InChI=1S/C21H33N5O/c1-15(2)20-18(14-26(7)24-20)13-25(6)21(22-5)23-12-17(4)27-19-10-8-16(3)9-11-19/h8-11,14-15,17H,12-13H2,1-7H3,(H,22,23). The van der Waals surface area contributed by atoms with Gasteiger partial charge in [-0.3, -0.25) is 9.67 Å². The third-order valence-corrected chi connectivity index (χ3v) is 4.37. The van der Waals surface area contributed by atoms with E-state index in [1.165, 1.54) is 11.1 Å². The highest BCUT2D eigenvalue weighted by Gasteiger charge is 2.15. The Hall–Kier alpha value is -2.50. The van der Waals surface area contributed by atoms with E-state index in [1.54, 1.807) is 7.05 Å². The normalized spacial score (nSPS) is 13.0. The van der Waals surface area contributed by atoms with Gasteiger partial charge in [0.05, 0.1) is 12.2 Å². The van der Waals surface area contributed by atoms with Crippen molar-refractivity contribution in [1.82, 2.24) is 20.0 Å². The number of nitrogens with zero attached hydrogens (tertiary/aromatic N) is 4. The van der Waals surface area contributed by atoms with Crippen LogP contribution in [0.15, 0.2) is 35.5 Å². The topological polar surface area (TPSA) is 54.7 Å². The number of hydrogen-bond acceptors (Lipinski definition) is 3. The van der Waals surface area contributed by atoms with E-state index >= 15 is 0 Å². The van der Waals surface area contributed by atoms with E-state index in [0.717, 1.165) is 23.9 Å². The van der Waals surface area contributed by atoms with Gasteiger partial charge < -0.3 is 15.0 Å². The largest absolute Gasteiger partial charge is 0.489 e. The Morgan fingerprint density at radius 1 is 1.26 bits per heavy atom. The van der Waals surface area contributed by atoms with E-state index in [1.807, 2.05) is 30.9 Å². The molecule has 0 aliphatic rings. The van der Waals surface area contributed by atoms with Gasteiger partial charge in [0.25, 0.3) is 0 Å². The molecule has 27 heavy (non-hydrogen) atoms. The highest BCUT2D eigenvalue weighted by molar-refractivity contribution is 5.79. The summed E-state index contributed by atoms with van der Waals surface area (Å²) in [7, 11) is 5.81. The minimum absolute atomic E-state index is 0.0301. The molecule has 0 radical (unpaired) electrons. The lowest BCUT2D eigenvalue weighted by atomic mass is 10.1. The molecule has 6 heteroatoms. The van der Waals surface area contributed by atoms with Crippen LogP contribution in [0.1, 0.15) is 43.5 Å². The number of aromatic nitrogens is 2. The summed E-state index contributed by atoms with van der Waals surface area (Å²) in [5.41, 5.74) is 3.59.